The average Bonchev–Trinajstić information content (AvgIpc) is 3.17. The number of nitrogens with zero attached hydrogens (tertiary/aromatic N) is 3. The first kappa shape index (κ1) is 27.2. The molecule has 6 rings (SSSR count). The summed E-state index contributed by atoms with van der Waals surface area (Å²) in [6.45, 7) is 3.29. The summed E-state index contributed by atoms with van der Waals surface area (Å²) in [6, 6.07) is 10.2. The summed E-state index contributed by atoms with van der Waals surface area (Å²) >= 11 is 3.94. The van der Waals surface area contributed by atoms with E-state index in [1.165, 1.54) is 23.9 Å². The van der Waals surface area contributed by atoms with Gasteiger partial charge in [-0.05, 0) is 55.3 Å². The van der Waals surface area contributed by atoms with E-state index in [1.807, 2.05) is 41.6 Å². The van der Waals surface area contributed by atoms with Crippen LogP contribution in [0.4, 0.5) is 5.69 Å². The van der Waals surface area contributed by atoms with Crippen molar-refractivity contribution in [3.8, 4) is 0 Å². The van der Waals surface area contributed by atoms with Gasteiger partial charge in [-0.15, -0.1) is 0 Å². The zero-order chi connectivity index (χ0) is 27.6. The van der Waals surface area contributed by atoms with Gasteiger partial charge in [-0.2, -0.15) is 8.90 Å². The van der Waals surface area contributed by atoms with Crippen molar-refractivity contribution in [1.29, 1.82) is 0 Å². The van der Waals surface area contributed by atoms with Crippen LogP contribution in [0.25, 0.3) is 16.3 Å². The predicted octanol–water partition coefficient (Wildman–Crippen LogP) is 3.40. The Bertz CT molecular complexity index is 1640. The van der Waals surface area contributed by atoms with Crippen LogP contribution in [-0.2, 0) is 31.3 Å². The van der Waals surface area contributed by atoms with Crippen LogP contribution in [0, 0.1) is 0 Å². The van der Waals surface area contributed by atoms with E-state index in [1.54, 1.807) is 17.4 Å². The summed E-state index contributed by atoms with van der Waals surface area (Å²) in [5, 5.41) is 15.6. The quantitative estimate of drug-likeness (QED) is 0.0756. The number of hydrogen-bond donors (Lipinski definition) is 0. The van der Waals surface area contributed by atoms with Crippen molar-refractivity contribution >= 4 is 73.1 Å². The van der Waals surface area contributed by atoms with Gasteiger partial charge in [0.15, 0.2) is 10.7 Å². The molecule has 0 bridgehead atoms. The van der Waals surface area contributed by atoms with E-state index < -0.39 is 15.8 Å². The van der Waals surface area contributed by atoms with Gasteiger partial charge in [-0.3, -0.25) is 14.7 Å². The van der Waals surface area contributed by atoms with E-state index in [0.717, 1.165) is 56.5 Å². The van der Waals surface area contributed by atoms with Gasteiger partial charge in [0.2, 0.25) is 5.52 Å². The van der Waals surface area contributed by atoms with Crippen molar-refractivity contribution in [2.75, 3.05) is 13.1 Å². The molecule has 1 amide bonds. The van der Waals surface area contributed by atoms with Crippen molar-refractivity contribution in [2.45, 2.75) is 53.0 Å². The Balaban J connectivity index is 1.54. The van der Waals surface area contributed by atoms with Gasteiger partial charge in [0, 0.05) is 30.0 Å². The van der Waals surface area contributed by atoms with Crippen molar-refractivity contribution < 1.29 is 37.0 Å². The molecular formula is C25H25N3O7S4. The maximum absolute atomic E-state index is 13.6. The van der Waals surface area contributed by atoms with E-state index in [0.29, 0.717) is 30.1 Å². The third-order valence-corrected chi connectivity index (χ3v) is 11.6. The summed E-state index contributed by atoms with van der Waals surface area (Å²) < 4.78 is 43.8. The fourth-order valence-corrected chi connectivity index (χ4v) is 9.47. The average molecular weight is 608 g/mol. The zero-order valence-electron chi connectivity index (χ0n) is 21.1. The molecule has 14 heteroatoms. The normalized spacial score (nSPS) is 25.4. The lowest BCUT2D eigenvalue weighted by molar-refractivity contribution is -0.777. The number of hydrogen-bond acceptors (Lipinski definition) is 10. The molecule has 10 nitrogen and oxygen atoms in total. The fraction of sp³-hybridized carbons (Fsp3) is 0.360. The number of quaternary nitrogens is 1. The molecule has 1 aromatic heterocycles. The number of carbonyl (C=O) groups excluding carboxylic acids is 1. The van der Waals surface area contributed by atoms with E-state index in [2.05, 4.69) is 15.4 Å². The van der Waals surface area contributed by atoms with Crippen LogP contribution < -0.4 is 14.3 Å². The number of rotatable bonds is 7. The van der Waals surface area contributed by atoms with E-state index in [9.17, 15) is 23.0 Å². The first-order chi connectivity index (χ1) is 18.7. The molecule has 39 heavy (non-hydrogen) atoms. The summed E-state index contributed by atoms with van der Waals surface area (Å²) in [4.78, 5) is 16.8. The largest absolute Gasteiger partial charge is 0.744 e. The van der Waals surface area contributed by atoms with Gasteiger partial charge in [-0.1, -0.05) is 18.3 Å². The van der Waals surface area contributed by atoms with Crippen LogP contribution in [0.15, 0.2) is 56.1 Å². The van der Waals surface area contributed by atoms with Crippen LogP contribution in [0.1, 0.15) is 37.6 Å². The first-order valence-electron chi connectivity index (χ1n) is 12.4. The van der Waals surface area contributed by atoms with Crippen LogP contribution in [0.2, 0.25) is 0 Å². The summed E-state index contributed by atoms with van der Waals surface area (Å²) in [7, 11) is -2.73. The Labute approximate surface area is 238 Å². The van der Waals surface area contributed by atoms with Gasteiger partial charge >= 0.3 is 5.91 Å². The van der Waals surface area contributed by atoms with Crippen LogP contribution in [0.3, 0.4) is 0 Å². The smallest absolute Gasteiger partial charge is 0.312 e. The zero-order valence-corrected chi connectivity index (χ0v) is 24.4. The SMILES string of the molecule is CCCN1C(=O)C12CCCC[N+]21C(=Cc2sc3ccc(SOO[O-])cc3[n+]2C)Sc2ccc(S(=O)(=O)[O-])cc21. The molecule has 3 aliphatic heterocycles. The topological polar surface area (TPSA) is 123 Å². The fourth-order valence-electron chi connectivity index (χ4n) is 6.10. The van der Waals surface area contributed by atoms with E-state index >= 15 is 0 Å². The molecule has 0 radical (unpaired) electrons. The highest BCUT2D eigenvalue weighted by atomic mass is 32.2. The molecule has 0 saturated carbocycles. The number of carbonyl (C=O) groups is 1. The Morgan fingerprint density at radius 1 is 1.26 bits per heavy atom. The molecule has 2 spiro atoms. The molecule has 0 aliphatic carbocycles. The van der Waals surface area contributed by atoms with Crippen molar-refractivity contribution in [1.82, 2.24) is 9.38 Å². The van der Waals surface area contributed by atoms with Crippen LogP contribution in [-0.4, -0.2) is 42.5 Å². The molecular weight excluding hydrogens is 583 g/mol. The van der Waals surface area contributed by atoms with Crippen molar-refractivity contribution in [3.05, 3.63) is 46.4 Å². The van der Waals surface area contributed by atoms with Gasteiger partial charge in [0.1, 0.15) is 21.9 Å². The number of benzene rings is 2. The Hall–Kier alpha value is -2.01. The standard InChI is InChI=1S/C25H25N3O7S4/c1-3-11-27-24(29)25(27)10-4-5-12-28(25)19-14-17(39(31,32)33)7-9-21(19)37-23(28)15-22-26(2)18-13-16(38-35-34-30)6-8-20(18)36-22/h6-9,13-15H,3-5,10-12H2,1-2H3. The minimum atomic E-state index is -4.68. The Morgan fingerprint density at radius 3 is 2.82 bits per heavy atom. The Kier molecular flexibility index (Phi) is 6.84. The second-order valence-electron chi connectivity index (χ2n) is 9.78. The number of thioether (sulfide) groups is 1. The second kappa shape index (κ2) is 9.82. The summed E-state index contributed by atoms with van der Waals surface area (Å²) in [6.07, 6.45) is 5.33. The molecule has 3 aromatic rings. The first-order valence-corrected chi connectivity index (χ1v) is 16.2. The third kappa shape index (κ3) is 4.08. The number of thiazole rings is 1. The lowest BCUT2D eigenvalue weighted by Crippen LogP contribution is -2.62. The molecule has 2 fully saturated rings. The van der Waals surface area contributed by atoms with Gasteiger partial charge in [0.25, 0.3) is 10.7 Å². The molecule has 206 valence electrons. The minimum absolute atomic E-state index is 0.0711. The van der Waals surface area contributed by atoms with Gasteiger partial charge < -0.3 is 9.81 Å². The monoisotopic (exact) mass is 607 g/mol. The molecule has 2 aromatic carbocycles. The van der Waals surface area contributed by atoms with E-state index in [4.69, 9.17) is 0 Å². The minimum Gasteiger partial charge on any atom is -0.744 e. The summed E-state index contributed by atoms with van der Waals surface area (Å²) in [5.41, 5.74) is 0.826. The number of aromatic nitrogens is 1. The van der Waals surface area contributed by atoms with Gasteiger partial charge in [0.05, 0.1) is 34.5 Å². The van der Waals surface area contributed by atoms with Crippen molar-refractivity contribution in [3.63, 3.8) is 0 Å². The number of amides is 1. The second-order valence-corrected chi connectivity index (χ2v) is 14.1. The van der Waals surface area contributed by atoms with Gasteiger partial charge in [-0.25, -0.2) is 12.9 Å². The van der Waals surface area contributed by atoms with Crippen molar-refractivity contribution in [2.24, 2.45) is 7.05 Å². The van der Waals surface area contributed by atoms with Crippen LogP contribution in [0.5, 0.6) is 0 Å². The van der Waals surface area contributed by atoms with Crippen LogP contribution >= 0.6 is 35.1 Å². The molecule has 3 aliphatic rings. The lowest BCUT2D eigenvalue weighted by atomic mass is 9.96. The highest BCUT2D eigenvalue weighted by molar-refractivity contribution is 8.03. The highest BCUT2D eigenvalue weighted by Crippen LogP contribution is 2.64. The predicted molar refractivity (Wildman–Crippen MR) is 145 cm³/mol. The molecule has 2 unspecified atom stereocenters. The number of aryl methyl sites for hydroxylation is 1. The van der Waals surface area contributed by atoms with E-state index in [-0.39, 0.29) is 15.3 Å². The Morgan fingerprint density at radius 2 is 2.08 bits per heavy atom. The molecule has 2 saturated heterocycles. The molecule has 2 atom stereocenters. The molecule has 4 heterocycles. The summed E-state index contributed by atoms with van der Waals surface area (Å²) in [5.74, 6) is 0.0711. The molecule has 0 N–H and O–H groups in total. The number of fused-ring (bicyclic) bond motifs is 4. The number of piperidine rings is 1. The lowest BCUT2D eigenvalue weighted by Gasteiger charge is -2.43. The maximum atomic E-state index is 13.6. The third-order valence-electron chi connectivity index (χ3n) is 7.79. The highest BCUT2D eigenvalue weighted by Gasteiger charge is 2.79. The maximum Gasteiger partial charge on any atom is 0.312 e.